The highest BCUT2D eigenvalue weighted by atomic mass is 32.1. The summed E-state index contributed by atoms with van der Waals surface area (Å²) >= 11 is 1.88. The smallest absolute Gasteiger partial charge is 0.227 e. The van der Waals surface area contributed by atoms with Crippen LogP contribution in [0.5, 0.6) is 0 Å². The molecule has 2 aromatic rings. The Bertz CT molecular complexity index is 790. The summed E-state index contributed by atoms with van der Waals surface area (Å²) in [6.45, 7) is 6.01. The topological polar surface area (TPSA) is 45.2 Å². The van der Waals surface area contributed by atoms with E-state index in [0.29, 0.717) is 18.6 Å². The largest absolute Gasteiger partial charge is 0.355 e. The molecule has 2 fully saturated rings. The maximum Gasteiger partial charge on any atom is 0.227 e. The lowest BCUT2D eigenvalue weighted by Gasteiger charge is -2.35. The van der Waals surface area contributed by atoms with Gasteiger partial charge in [-0.05, 0) is 56.9 Å². The molecule has 1 N–H and O–H groups in total. The Morgan fingerprint density at radius 2 is 2.22 bits per heavy atom. The Labute approximate surface area is 166 Å². The molecule has 0 radical (unpaired) electrons. The van der Waals surface area contributed by atoms with Gasteiger partial charge in [-0.3, -0.25) is 14.7 Å². The van der Waals surface area contributed by atoms with Gasteiger partial charge in [-0.1, -0.05) is 13.0 Å². The number of rotatable bonds is 7. The number of hydrogen-bond acceptors (Lipinski definition) is 4. The van der Waals surface area contributed by atoms with Gasteiger partial charge in [-0.15, -0.1) is 11.3 Å². The fourth-order valence-corrected chi connectivity index (χ4v) is 6.01. The average molecular weight is 384 g/mol. The van der Waals surface area contributed by atoms with Gasteiger partial charge in [0.15, 0.2) is 0 Å². The molecule has 2 aliphatic heterocycles. The Morgan fingerprint density at radius 1 is 1.33 bits per heavy atom. The molecule has 4 rings (SSSR count). The van der Waals surface area contributed by atoms with Crippen molar-refractivity contribution in [2.45, 2.75) is 64.6 Å². The second-order valence-corrected chi connectivity index (χ2v) is 9.34. The standard InChI is InChI=1S/C22H29N3OS/c1-3-22(21(26)24-13-11-17-6-4-5-12-23-17)14-18-8-10-20(22)25(18)15-19-9-7-16(2)27-19/h4-7,9,12,18,20H,3,8,10-11,13-15H2,1-2H3,(H,24,26)/t18-,20+,22+/m0/s1. The monoisotopic (exact) mass is 383 g/mol. The van der Waals surface area contributed by atoms with Crippen molar-refractivity contribution < 1.29 is 4.79 Å². The van der Waals surface area contributed by atoms with Gasteiger partial charge in [0.25, 0.3) is 0 Å². The van der Waals surface area contributed by atoms with Crippen molar-refractivity contribution in [3.63, 3.8) is 0 Å². The van der Waals surface area contributed by atoms with Gasteiger partial charge in [0, 0.05) is 53.2 Å². The number of carbonyl (C=O) groups is 1. The summed E-state index contributed by atoms with van der Waals surface area (Å²) in [6, 6.07) is 11.3. The Hall–Kier alpha value is -1.72. The SMILES string of the molecule is CC[C@@]1(C(=O)NCCc2ccccn2)C[C@@H]2CC[C@H]1N2Cc1ccc(C)s1. The Morgan fingerprint density at radius 3 is 2.93 bits per heavy atom. The highest BCUT2D eigenvalue weighted by Crippen LogP contribution is 2.52. The number of nitrogens with one attached hydrogen (secondary N) is 1. The first-order chi connectivity index (χ1) is 13.1. The molecule has 2 saturated heterocycles. The lowest BCUT2D eigenvalue weighted by Crippen LogP contribution is -2.49. The molecule has 144 valence electrons. The van der Waals surface area contributed by atoms with Gasteiger partial charge in [0.2, 0.25) is 5.91 Å². The molecule has 27 heavy (non-hydrogen) atoms. The van der Waals surface area contributed by atoms with Crippen molar-refractivity contribution in [1.29, 1.82) is 0 Å². The predicted octanol–water partition coefficient (Wildman–Crippen LogP) is 3.94. The molecular formula is C22H29N3OS. The molecule has 2 aromatic heterocycles. The van der Waals surface area contributed by atoms with Gasteiger partial charge >= 0.3 is 0 Å². The molecule has 5 heteroatoms. The third kappa shape index (κ3) is 3.55. The minimum absolute atomic E-state index is 0.223. The van der Waals surface area contributed by atoms with Crippen LogP contribution in [-0.2, 0) is 17.8 Å². The van der Waals surface area contributed by atoms with E-state index >= 15 is 0 Å². The van der Waals surface area contributed by atoms with E-state index in [9.17, 15) is 4.79 Å². The fourth-order valence-electron chi connectivity index (χ4n) is 5.11. The fraction of sp³-hybridized carbons (Fsp3) is 0.545. The van der Waals surface area contributed by atoms with Crippen LogP contribution in [0.2, 0.25) is 0 Å². The molecule has 3 atom stereocenters. The zero-order chi connectivity index (χ0) is 18.9. The lowest BCUT2D eigenvalue weighted by molar-refractivity contribution is -0.133. The molecular weight excluding hydrogens is 354 g/mol. The second-order valence-electron chi connectivity index (χ2n) is 7.97. The summed E-state index contributed by atoms with van der Waals surface area (Å²) in [6.07, 6.45) is 6.91. The minimum atomic E-state index is -0.223. The number of aryl methyl sites for hydroxylation is 1. The van der Waals surface area contributed by atoms with Gasteiger partial charge in [-0.25, -0.2) is 0 Å². The molecule has 4 nitrogen and oxygen atoms in total. The van der Waals surface area contributed by atoms with E-state index in [1.54, 1.807) is 0 Å². The van der Waals surface area contributed by atoms with E-state index in [1.165, 1.54) is 16.2 Å². The molecule has 1 amide bonds. The van der Waals surface area contributed by atoms with E-state index < -0.39 is 0 Å². The summed E-state index contributed by atoms with van der Waals surface area (Å²) in [5.41, 5.74) is 0.810. The molecule has 0 saturated carbocycles. The summed E-state index contributed by atoms with van der Waals surface area (Å²) in [5.74, 6) is 0.250. The number of amides is 1. The van der Waals surface area contributed by atoms with Crippen LogP contribution in [0.4, 0.5) is 0 Å². The summed E-state index contributed by atoms with van der Waals surface area (Å²) < 4.78 is 0. The maximum absolute atomic E-state index is 13.2. The normalized spacial score (nSPS) is 27.2. The first-order valence-electron chi connectivity index (χ1n) is 10.1. The van der Waals surface area contributed by atoms with Crippen LogP contribution in [0.25, 0.3) is 0 Å². The van der Waals surface area contributed by atoms with E-state index in [4.69, 9.17) is 0 Å². The van der Waals surface area contributed by atoms with Gasteiger partial charge < -0.3 is 5.32 Å². The minimum Gasteiger partial charge on any atom is -0.355 e. The van der Waals surface area contributed by atoms with E-state index in [0.717, 1.165) is 37.9 Å². The third-order valence-electron chi connectivity index (χ3n) is 6.49. The number of hydrogen-bond donors (Lipinski definition) is 1. The number of carbonyl (C=O) groups excluding carboxylic acids is 1. The van der Waals surface area contributed by atoms with E-state index in [1.807, 2.05) is 35.7 Å². The van der Waals surface area contributed by atoms with Gasteiger partial charge in [0.1, 0.15) is 0 Å². The van der Waals surface area contributed by atoms with Crippen LogP contribution in [0, 0.1) is 12.3 Å². The number of thiophene rings is 1. The number of pyridine rings is 1. The second kappa shape index (κ2) is 7.72. The molecule has 0 spiro atoms. The number of fused-ring (bicyclic) bond motifs is 2. The van der Waals surface area contributed by atoms with Crippen LogP contribution in [0.3, 0.4) is 0 Å². The molecule has 2 bridgehead atoms. The van der Waals surface area contributed by atoms with Crippen LogP contribution < -0.4 is 5.32 Å². The first-order valence-corrected chi connectivity index (χ1v) is 10.9. The van der Waals surface area contributed by atoms with Crippen molar-refractivity contribution in [2.75, 3.05) is 6.54 Å². The highest BCUT2D eigenvalue weighted by Gasteiger charge is 2.58. The molecule has 0 unspecified atom stereocenters. The van der Waals surface area contributed by atoms with Crippen molar-refractivity contribution >= 4 is 17.2 Å². The average Bonchev–Trinajstić information content (AvgIpc) is 3.36. The zero-order valence-corrected chi connectivity index (χ0v) is 17.1. The highest BCUT2D eigenvalue weighted by molar-refractivity contribution is 7.11. The summed E-state index contributed by atoms with van der Waals surface area (Å²) in [7, 11) is 0. The number of aromatic nitrogens is 1. The molecule has 4 heterocycles. The Balaban J connectivity index is 1.41. The summed E-state index contributed by atoms with van der Waals surface area (Å²) in [4.78, 5) is 23.0. The summed E-state index contributed by atoms with van der Waals surface area (Å²) in [5, 5.41) is 3.24. The maximum atomic E-state index is 13.2. The van der Waals surface area contributed by atoms with E-state index in [2.05, 4.69) is 41.2 Å². The molecule has 2 aliphatic rings. The van der Waals surface area contributed by atoms with Crippen LogP contribution in [0.1, 0.15) is 48.1 Å². The van der Waals surface area contributed by atoms with Crippen molar-refractivity contribution in [3.8, 4) is 0 Å². The lowest BCUT2D eigenvalue weighted by atomic mass is 9.71. The first kappa shape index (κ1) is 18.6. The number of nitrogens with zero attached hydrogens (tertiary/aromatic N) is 2. The van der Waals surface area contributed by atoms with Gasteiger partial charge in [0.05, 0.1) is 5.41 Å². The van der Waals surface area contributed by atoms with Crippen LogP contribution >= 0.6 is 11.3 Å². The Kier molecular flexibility index (Phi) is 5.33. The van der Waals surface area contributed by atoms with Crippen molar-refractivity contribution in [3.05, 3.63) is 52.0 Å². The van der Waals surface area contributed by atoms with Crippen molar-refractivity contribution in [2.24, 2.45) is 5.41 Å². The van der Waals surface area contributed by atoms with E-state index in [-0.39, 0.29) is 11.3 Å². The molecule has 0 aliphatic carbocycles. The van der Waals surface area contributed by atoms with Crippen LogP contribution in [-0.4, -0.2) is 34.4 Å². The zero-order valence-electron chi connectivity index (χ0n) is 16.3. The van der Waals surface area contributed by atoms with Crippen LogP contribution in [0.15, 0.2) is 36.5 Å². The molecule has 0 aromatic carbocycles. The van der Waals surface area contributed by atoms with Crippen molar-refractivity contribution in [1.82, 2.24) is 15.2 Å². The quantitative estimate of drug-likeness (QED) is 0.788. The van der Waals surface area contributed by atoms with Gasteiger partial charge in [-0.2, -0.15) is 0 Å². The predicted molar refractivity (Wildman–Crippen MR) is 110 cm³/mol. The third-order valence-corrected chi connectivity index (χ3v) is 7.48.